The zero-order valence-corrected chi connectivity index (χ0v) is 15.2. The molecule has 1 aromatic carbocycles. The Balaban J connectivity index is 2.60. The van der Waals surface area contributed by atoms with Gasteiger partial charge in [0.05, 0.1) is 6.61 Å². The Bertz CT molecular complexity index is 569. The molecule has 25 heavy (non-hydrogen) atoms. The summed E-state index contributed by atoms with van der Waals surface area (Å²) in [6.07, 6.45) is 0.508. The standard InChI is InChI=1S/C18H27FN2O4/c1-13(16(23)25-18(2,3)4)20-17(24)21(11-12-22)10-9-14-5-7-15(19)8-6-14/h5-8,13,22H,9-12H2,1-4H3,(H,20,24)/t13-/m0/s1. The summed E-state index contributed by atoms with van der Waals surface area (Å²) in [5.41, 5.74) is 0.237. The Hall–Kier alpha value is -2.15. The number of aliphatic hydroxyl groups is 1. The maximum Gasteiger partial charge on any atom is 0.328 e. The molecule has 1 atom stereocenters. The lowest BCUT2D eigenvalue weighted by molar-refractivity contribution is -0.156. The molecule has 0 spiro atoms. The molecule has 1 aromatic rings. The van der Waals surface area contributed by atoms with Gasteiger partial charge in [-0.15, -0.1) is 0 Å². The van der Waals surface area contributed by atoms with E-state index in [0.717, 1.165) is 5.56 Å². The van der Waals surface area contributed by atoms with Gasteiger partial charge in [0.25, 0.3) is 0 Å². The van der Waals surface area contributed by atoms with Crippen LogP contribution in [0.4, 0.5) is 9.18 Å². The highest BCUT2D eigenvalue weighted by atomic mass is 19.1. The zero-order valence-electron chi connectivity index (χ0n) is 15.2. The van der Waals surface area contributed by atoms with Gasteiger partial charge in [0.1, 0.15) is 17.5 Å². The topological polar surface area (TPSA) is 78.9 Å². The van der Waals surface area contributed by atoms with Crippen LogP contribution in [0.15, 0.2) is 24.3 Å². The van der Waals surface area contributed by atoms with E-state index in [4.69, 9.17) is 9.84 Å². The van der Waals surface area contributed by atoms with Gasteiger partial charge in [-0.25, -0.2) is 14.0 Å². The van der Waals surface area contributed by atoms with Crippen LogP contribution in [-0.4, -0.2) is 53.3 Å². The SMILES string of the molecule is C[C@H](NC(=O)N(CCO)CCc1ccc(F)cc1)C(=O)OC(C)(C)C. The largest absolute Gasteiger partial charge is 0.458 e. The average Bonchev–Trinajstić information content (AvgIpc) is 2.51. The van der Waals surface area contributed by atoms with Gasteiger partial charge in [-0.05, 0) is 51.8 Å². The van der Waals surface area contributed by atoms with E-state index >= 15 is 0 Å². The molecule has 140 valence electrons. The van der Waals surface area contributed by atoms with Gasteiger partial charge in [0.2, 0.25) is 0 Å². The number of nitrogens with zero attached hydrogens (tertiary/aromatic N) is 1. The number of nitrogens with one attached hydrogen (secondary N) is 1. The minimum atomic E-state index is -0.807. The number of esters is 1. The van der Waals surface area contributed by atoms with Crippen LogP contribution in [-0.2, 0) is 16.0 Å². The van der Waals surface area contributed by atoms with Gasteiger partial charge >= 0.3 is 12.0 Å². The average molecular weight is 354 g/mol. The van der Waals surface area contributed by atoms with E-state index in [1.54, 1.807) is 39.8 Å². The first kappa shape index (κ1) is 20.9. The number of urea groups is 1. The number of rotatable bonds is 7. The number of carbonyl (C=O) groups excluding carboxylic acids is 2. The molecule has 2 N–H and O–H groups in total. The number of ether oxygens (including phenoxy) is 1. The molecular weight excluding hydrogens is 327 g/mol. The lowest BCUT2D eigenvalue weighted by atomic mass is 10.1. The second kappa shape index (κ2) is 9.36. The number of carbonyl (C=O) groups is 2. The highest BCUT2D eigenvalue weighted by Gasteiger charge is 2.24. The molecule has 0 aliphatic carbocycles. The van der Waals surface area contributed by atoms with Crippen LogP contribution in [0, 0.1) is 5.82 Å². The van der Waals surface area contributed by atoms with Crippen molar-refractivity contribution < 1.29 is 23.8 Å². The summed E-state index contributed by atoms with van der Waals surface area (Å²) in [6.45, 7) is 7.06. The summed E-state index contributed by atoms with van der Waals surface area (Å²) < 4.78 is 18.1. The third-order valence-electron chi connectivity index (χ3n) is 3.34. The second-order valence-electron chi connectivity index (χ2n) is 6.79. The monoisotopic (exact) mass is 354 g/mol. The molecule has 0 heterocycles. The van der Waals surface area contributed by atoms with Crippen molar-refractivity contribution in [2.45, 2.75) is 45.8 Å². The van der Waals surface area contributed by atoms with E-state index in [1.807, 2.05) is 0 Å². The first-order valence-electron chi connectivity index (χ1n) is 8.26. The minimum Gasteiger partial charge on any atom is -0.458 e. The molecular formula is C18H27FN2O4. The molecule has 0 aromatic heterocycles. The first-order valence-corrected chi connectivity index (χ1v) is 8.26. The molecule has 1 rings (SSSR count). The zero-order chi connectivity index (χ0) is 19.0. The Labute approximate surface area is 148 Å². The number of aliphatic hydroxyl groups excluding tert-OH is 1. The van der Waals surface area contributed by atoms with Crippen molar-refractivity contribution in [1.29, 1.82) is 0 Å². The molecule has 7 heteroatoms. The van der Waals surface area contributed by atoms with Crippen LogP contribution < -0.4 is 5.32 Å². The number of hydrogen-bond acceptors (Lipinski definition) is 4. The molecule has 0 aliphatic heterocycles. The molecule has 0 aliphatic rings. The Morgan fingerprint density at radius 2 is 1.84 bits per heavy atom. The van der Waals surface area contributed by atoms with Crippen LogP contribution >= 0.6 is 0 Å². The fraction of sp³-hybridized carbons (Fsp3) is 0.556. The Morgan fingerprint density at radius 1 is 1.24 bits per heavy atom. The van der Waals surface area contributed by atoms with Gasteiger partial charge in [-0.1, -0.05) is 12.1 Å². The van der Waals surface area contributed by atoms with E-state index in [0.29, 0.717) is 13.0 Å². The van der Waals surface area contributed by atoms with Crippen LogP contribution in [0.3, 0.4) is 0 Å². The summed E-state index contributed by atoms with van der Waals surface area (Å²) in [5.74, 6) is -0.844. The van der Waals surface area contributed by atoms with Gasteiger partial charge in [0, 0.05) is 13.1 Å². The third-order valence-corrected chi connectivity index (χ3v) is 3.34. The molecule has 0 saturated carbocycles. The summed E-state index contributed by atoms with van der Waals surface area (Å²) in [6, 6.07) is 4.74. The quantitative estimate of drug-likeness (QED) is 0.735. The van der Waals surface area contributed by atoms with Crippen molar-refractivity contribution in [2.24, 2.45) is 0 Å². The van der Waals surface area contributed by atoms with Gasteiger partial charge in [0.15, 0.2) is 0 Å². The molecule has 0 fully saturated rings. The van der Waals surface area contributed by atoms with Crippen LogP contribution in [0.5, 0.6) is 0 Å². The fourth-order valence-electron chi connectivity index (χ4n) is 2.08. The summed E-state index contributed by atoms with van der Waals surface area (Å²) in [7, 11) is 0. The van der Waals surface area contributed by atoms with E-state index in [1.165, 1.54) is 17.0 Å². The number of hydrogen-bond donors (Lipinski definition) is 2. The van der Waals surface area contributed by atoms with Crippen LogP contribution in [0.1, 0.15) is 33.3 Å². The Morgan fingerprint density at radius 3 is 2.36 bits per heavy atom. The Kier molecular flexibility index (Phi) is 7.83. The maximum absolute atomic E-state index is 12.9. The normalized spacial score (nSPS) is 12.4. The third kappa shape index (κ3) is 7.98. The smallest absolute Gasteiger partial charge is 0.328 e. The molecule has 0 radical (unpaired) electrons. The van der Waals surface area contributed by atoms with Crippen molar-refractivity contribution >= 4 is 12.0 Å². The molecule has 6 nitrogen and oxygen atoms in total. The van der Waals surface area contributed by atoms with E-state index in [9.17, 15) is 14.0 Å². The van der Waals surface area contributed by atoms with Crippen molar-refractivity contribution in [2.75, 3.05) is 19.7 Å². The minimum absolute atomic E-state index is 0.133. The summed E-state index contributed by atoms with van der Waals surface area (Å²) in [5, 5.41) is 11.7. The molecule has 0 unspecified atom stereocenters. The van der Waals surface area contributed by atoms with E-state index < -0.39 is 23.6 Å². The lowest BCUT2D eigenvalue weighted by Gasteiger charge is -2.26. The lowest BCUT2D eigenvalue weighted by Crippen LogP contribution is -2.49. The second-order valence-corrected chi connectivity index (χ2v) is 6.79. The first-order chi connectivity index (χ1) is 11.6. The highest BCUT2D eigenvalue weighted by molar-refractivity contribution is 5.83. The fourth-order valence-corrected chi connectivity index (χ4v) is 2.08. The maximum atomic E-state index is 12.9. The molecule has 0 bridgehead atoms. The predicted molar refractivity (Wildman–Crippen MR) is 92.6 cm³/mol. The van der Waals surface area contributed by atoms with E-state index in [2.05, 4.69) is 5.32 Å². The van der Waals surface area contributed by atoms with Crippen molar-refractivity contribution in [3.05, 3.63) is 35.6 Å². The highest BCUT2D eigenvalue weighted by Crippen LogP contribution is 2.09. The van der Waals surface area contributed by atoms with Crippen LogP contribution in [0.2, 0.25) is 0 Å². The number of halogens is 1. The van der Waals surface area contributed by atoms with Gasteiger partial charge in [-0.2, -0.15) is 0 Å². The number of benzene rings is 1. The number of amides is 2. The molecule has 2 amide bonds. The summed E-state index contributed by atoms with van der Waals surface area (Å²) >= 11 is 0. The van der Waals surface area contributed by atoms with Crippen molar-refractivity contribution in [3.63, 3.8) is 0 Å². The van der Waals surface area contributed by atoms with Crippen LogP contribution in [0.25, 0.3) is 0 Å². The van der Waals surface area contributed by atoms with Crippen molar-refractivity contribution in [1.82, 2.24) is 10.2 Å². The van der Waals surface area contributed by atoms with Crippen molar-refractivity contribution in [3.8, 4) is 0 Å². The van der Waals surface area contributed by atoms with Gasteiger partial charge in [-0.3, -0.25) is 0 Å². The predicted octanol–water partition coefficient (Wildman–Crippen LogP) is 2.10. The molecule has 0 saturated heterocycles. The summed E-state index contributed by atoms with van der Waals surface area (Å²) in [4.78, 5) is 25.7. The van der Waals surface area contributed by atoms with E-state index in [-0.39, 0.29) is 19.0 Å². The van der Waals surface area contributed by atoms with Gasteiger partial charge < -0.3 is 20.1 Å².